The second-order valence-corrected chi connectivity index (χ2v) is 5.09. The van der Waals surface area contributed by atoms with Gasteiger partial charge in [0.05, 0.1) is 12.0 Å². The van der Waals surface area contributed by atoms with Gasteiger partial charge in [-0.2, -0.15) is 0 Å². The summed E-state index contributed by atoms with van der Waals surface area (Å²) < 4.78 is 5.27. The number of methoxy groups -OCH3 is 1. The topological polar surface area (TPSA) is 64.4 Å². The number of nitrogens with zero attached hydrogens (tertiary/aromatic N) is 1. The van der Waals surface area contributed by atoms with E-state index >= 15 is 0 Å². The third-order valence-corrected chi connectivity index (χ3v) is 4.12. The van der Waals surface area contributed by atoms with E-state index in [0.717, 1.165) is 12.0 Å². The summed E-state index contributed by atoms with van der Waals surface area (Å²) in [6, 6.07) is 4.73. The molecule has 1 aromatic rings. The summed E-state index contributed by atoms with van der Waals surface area (Å²) in [4.78, 5) is 10.4. The molecule has 2 rings (SSSR count). The van der Waals surface area contributed by atoms with Crippen LogP contribution in [0.1, 0.15) is 38.2 Å². The van der Waals surface area contributed by atoms with E-state index in [1.807, 2.05) is 0 Å². The van der Waals surface area contributed by atoms with Crippen LogP contribution in [0.5, 0.6) is 5.75 Å². The summed E-state index contributed by atoms with van der Waals surface area (Å²) in [5.41, 5.74) is 1.17. The Morgan fingerprint density at radius 1 is 1.47 bits per heavy atom. The first-order valence-electron chi connectivity index (χ1n) is 6.66. The highest BCUT2D eigenvalue weighted by Crippen LogP contribution is 2.35. The number of benzene rings is 1. The second kappa shape index (κ2) is 5.57. The summed E-state index contributed by atoms with van der Waals surface area (Å²) in [6.45, 7) is 2.79. The highest BCUT2D eigenvalue weighted by atomic mass is 16.6. The Balaban J connectivity index is 2.13. The summed E-state index contributed by atoms with van der Waals surface area (Å²) in [5.74, 6) is 0.698. The van der Waals surface area contributed by atoms with E-state index in [1.165, 1.54) is 25.3 Å². The van der Waals surface area contributed by atoms with Crippen LogP contribution in [0.25, 0.3) is 0 Å². The standard InChI is InChI=1S/C14H20N2O3/c1-3-14(7-4-8-14)15-10-11-9-12(16(17)18)5-6-13(11)19-2/h5-6,9,15H,3-4,7-8,10H2,1-2H3. The predicted octanol–water partition coefficient (Wildman–Crippen LogP) is 3.03. The molecule has 1 fully saturated rings. The van der Waals surface area contributed by atoms with E-state index < -0.39 is 0 Å². The first kappa shape index (κ1) is 13.8. The summed E-state index contributed by atoms with van der Waals surface area (Å²) in [5, 5.41) is 14.4. The van der Waals surface area contributed by atoms with Crippen LogP contribution in [-0.2, 0) is 6.54 Å². The fraction of sp³-hybridized carbons (Fsp3) is 0.571. The molecule has 104 valence electrons. The molecular formula is C14H20N2O3. The molecule has 1 aliphatic rings. The van der Waals surface area contributed by atoms with Crippen molar-refractivity contribution < 1.29 is 9.66 Å². The summed E-state index contributed by atoms with van der Waals surface area (Å²) in [7, 11) is 1.59. The predicted molar refractivity (Wildman–Crippen MR) is 73.4 cm³/mol. The lowest BCUT2D eigenvalue weighted by Gasteiger charge is -2.42. The number of rotatable bonds is 6. The maximum absolute atomic E-state index is 10.8. The molecular weight excluding hydrogens is 244 g/mol. The molecule has 1 saturated carbocycles. The lowest BCUT2D eigenvalue weighted by atomic mass is 9.75. The summed E-state index contributed by atoms with van der Waals surface area (Å²) >= 11 is 0. The van der Waals surface area contributed by atoms with Gasteiger partial charge in [-0.05, 0) is 31.7 Å². The monoisotopic (exact) mass is 264 g/mol. The zero-order valence-corrected chi connectivity index (χ0v) is 11.4. The minimum Gasteiger partial charge on any atom is -0.496 e. The van der Waals surface area contributed by atoms with Crippen molar-refractivity contribution >= 4 is 5.69 Å². The van der Waals surface area contributed by atoms with Crippen molar-refractivity contribution in [1.82, 2.24) is 5.32 Å². The molecule has 1 aliphatic carbocycles. The number of hydrogen-bond donors (Lipinski definition) is 1. The summed E-state index contributed by atoms with van der Waals surface area (Å²) in [6.07, 6.45) is 4.71. The van der Waals surface area contributed by atoms with Crippen LogP contribution >= 0.6 is 0 Å². The van der Waals surface area contributed by atoms with Crippen LogP contribution in [0.15, 0.2) is 18.2 Å². The molecule has 19 heavy (non-hydrogen) atoms. The first-order valence-corrected chi connectivity index (χ1v) is 6.66. The van der Waals surface area contributed by atoms with E-state index in [0.29, 0.717) is 12.3 Å². The van der Waals surface area contributed by atoms with Crippen LogP contribution in [0.4, 0.5) is 5.69 Å². The number of hydrogen-bond acceptors (Lipinski definition) is 4. The number of ether oxygens (including phenoxy) is 1. The molecule has 0 bridgehead atoms. The first-order chi connectivity index (χ1) is 9.10. The molecule has 0 radical (unpaired) electrons. The molecule has 1 N–H and O–H groups in total. The van der Waals surface area contributed by atoms with E-state index in [2.05, 4.69) is 12.2 Å². The molecule has 0 amide bonds. The Morgan fingerprint density at radius 3 is 2.68 bits per heavy atom. The van der Waals surface area contributed by atoms with Gasteiger partial charge in [-0.3, -0.25) is 10.1 Å². The number of nitro benzene ring substituents is 1. The molecule has 0 atom stereocenters. The van der Waals surface area contributed by atoms with E-state index in [-0.39, 0.29) is 16.1 Å². The smallest absolute Gasteiger partial charge is 0.270 e. The van der Waals surface area contributed by atoms with Crippen LogP contribution < -0.4 is 10.1 Å². The third-order valence-electron chi connectivity index (χ3n) is 4.12. The number of nitrogens with one attached hydrogen (secondary N) is 1. The van der Waals surface area contributed by atoms with Crippen molar-refractivity contribution in [3.63, 3.8) is 0 Å². The Labute approximate surface area is 113 Å². The normalized spacial score (nSPS) is 16.7. The van der Waals surface area contributed by atoms with Crippen molar-refractivity contribution in [2.75, 3.05) is 7.11 Å². The molecule has 5 nitrogen and oxygen atoms in total. The van der Waals surface area contributed by atoms with Crippen molar-refractivity contribution in [1.29, 1.82) is 0 Å². The Hall–Kier alpha value is -1.62. The highest BCUT2D eigenvalue weighted by molar-refractivity contribution is 5.43. The minimum atomic E-state index is -0.373. The van der Waals surface area contributed by atoms with Gasteiger partial charge in [0.1, 0.15) is 5.75 Å². The fourth-order valence-corrected chi connectivity index (χ4v) is 2.56. The lowest BCUT2D eigenvalue weighted by Crippen LogP contribution is -2.49. The van der Waals surface area contributed by atoms with Crippen molar-refractivity contribution in [3.8, 4) is 5.75 Å². The van der Waals surface area contributed by atoms with Crippen LogP contribution in [0, 0.1) is 10.1 Å². The average molecular weight is 264 g/mol. The molecule has 5 heteroatoms. The van der Waals surface area contributed by atoms with Gasteiger partial charge in [-0.25, -0.2) is 0 Å². The average Bonchev–Trinajstić information content (AvgIpc) is 2.37. The van der Waals surface area contributed by atoms with Crippen LogP contribution in [0.2, 0.25) is 0 Å². The Morgan fingerprint density at radius 2 is 2.21 bits per heavy atom. The molecule has 1 aromatic carbocycles. The zero-order valence-electron chi connectivity index (χ0n) is 11.4. The minimum absolute atomic E-state index is 0.108. The van der Waals surface area contributed by atoms with Crippen molar-refractivity contribution in [2.45, 2.75) is 44.7 Å². The molecule has 0 spiro atoms. The number of non-ortho nitro benzene ring substituents is 1. The fourth-order valence-electron chi connectivity index (χ4n) is 2.56. The maximum Gasteiger partial charge on any atom is 0.270 e. The Bertz CT molecular complexity index is 464. The van der Waals surface area contributed by atoms with Gasteiger partial charge in [-0.1, -0.05) is 6.92 Å². The highest BCUT2D eigenvalue weighted by Gasteiger charge is 2.34. The van der Waals surface area contributed by atoms with E-state index in [4.69, 9.17) is 4.74 Å². The maximum atomic E-state index is 10.8. The van der Waals surface area contributed by atoms with Crippen molar-refractivity contribution in [3.05, 3.63) is 33.9 Å². The van der Waals surface area contributed by atoms with Crippen LogP contribution in [0.3, 0.4) is 0 Å². The van der Waals surface area contributed by atoms with E-state index in [1.54, 1.807) is 19.2 Å². The van der Waals surface area contributed by atoms with Crippen LogP contribution in [-0.4, -0.2) is 17.6 Å². The van der Waals surface area contributed by atoms with Crippen molar-refractivity contribution in [2.24, 2.45) is 0 Å². The molecule has 0 saturated heterocycles. The van der Waals surface area contributed by atoms with Gasteiger partial charge in [0.25, 0.3) is 5.69 Å². The van der Waals surface area contributed by atoms with Gasteiger partial charge >= 0.3 is 0 Å². The third kappa shape index (κ3) is 2.87. The quantitative estimate of drug-likeness (QED) is 0.633. The largest absolute Gasteiger partial charge is 0.496 e. The van der Waals surface area contributed by atoms with Gasteiger partial charge in [0.2, 0.25) is 0 Å². The zero-order chi connectivity index (χ0) is 13.9. The van der Waals surface area contributed by atoms with Gasteiger partial charge in [-0.15, -0.1) is 0 Å². The molecule has 0 heterocycles. The Kier molecular flexibility index (Phi) is 4.04. The molecule has 0 aliphatic heterocycles. The van der Waals surface area contributed by atoms with Gasteiger partial charge in [0, 0.05) is 29.8 Å². The van der Waals surface area contributed by atoms with E-state index in [9.17, 15) is 10.1 Å². The number of nitro groups is 1. The van der Waals surface area contributed by atoms with Gasteiger partial charge < -0.3 is 10.1 Å². The van der Waals surface area contributed by atoms with Gasteiger partial charge in [0.15, 0.2) is 0 Å². The lowest BCUT2D eigenvalue weighted by molar-refractivity contribution is -0.384. The SMILES string of the molecule is CCC1(NCc2cc([N+](=O)[O-])ccc2OC)CCC1. The molecule has 0 aromatic heterocycles. The second-order valence-electron chi connectivity index (χ2n) is 5.09. The molecule has 0 unspecified atom stereocenters.